The van der Waals surface area contributed by atoms with Gasteiger partial charge in [0, 0.05) is 18.2 Å². The van der Waals surface area contributed by atoms with E-state index in [9.17, 15) is 4.79 Å². The lowest BCUT2D eigenvalue weighted by atomic mass is 10.2. The number of para-hydroxylation sites is 1. The monoisotopic (exact) mass is 386 g/mol. The van der Waals surface area contributed by atoms with Crippen molar-refractivity contribution in [2.24, 2.45) is 5.92 Å². The molecule has 2 aromatic heterocycles. The molecule has 3 aromatic rings. The number of amides is 1. The van der Waals surface area contributed by atoms with E-state index in [1.165, 1.54) is 11.3 Å². The van der Waals surface area contributed by atoms with Gasteiger partial charge in [0.2, 0.25) is 5.91 Å². The molecule has 0 aliphatic heterocycles. The van der Waals surface area contributed by atoms with Gasteiger partial charge in [-0.05, 0) is 39.0 Å². The molecule has 0 aliphatic carbocycles. The van der Waals surface area contributed by atoms with Crippen LogP contribution in [0, 0.1) is 19.8 Å². The number of fused-ring (bicyclic) bond motifs is 1. The first-order valence-electron chi connectivity index (χ1n) is 9.25. The van der Waals surface area contributed by atoms with E-state index in [0.29, 0.717) is 24.8 Å². The first-order chi connectivity index (χ1) is 12.9. The SMILES string of the molecule is CCOc1cccc2sc(N(CCn3nc(C)cc3C)C(=O)C(C)C)nc12. The summed E-state index contributed by atoms with van der Waals surface area (Å²) in [5, 5.41) is 5.21. The first kappa shape index (κ1) is 19.4. The Morgan fingerprint density at radius 3 is 2.74 bits per heavy atom. The minimum absolute atomic E-state index is 0.0635. The summed E-state index contributed by atoms with van der Waals surface area (Å²) < 4.78 is 8.65. The minimum Gasteiger partial charge on any atom is -0.492 e. The lowest BCUT2D eigenvalue weighted by Crippen LogP contribution is -2.37. The van der Waals surface area contributed by atoms with Crippen molar-refractivity contribution in [1.29, 1.82) is 0 Å². The van der Waals surface area contributed by atoms with Crippen LogP contribution in [0.5, 0.6) is 5.75 Å². The number of aromatic nitrogens is 3. The van der Waals surface area contributed by atoms with Crippen LogP contribution in [0.1, 0.15) is 32.2 Å². The third kappa shape index (κ3) is 4.13. The predicted octanol–water partition coefficient (Wildman–Crippen LogP) is 4.20. The number of nitrogens with zero attached hydrogens (tertiary/aromatic N) is 4. The third-order valence-electron chi connectivity index (χ3n) is 4.30. The smallest absolute Gasteiger partial charge is 0.231 e. The Morgan fingerprint density at radius 2 is 2.11 bits per heavy atom. The van der Waals surface area contributed by atoms with Crippen molar-refractivity contribution in [3.05, 3.63) is 35.7 Å². The molecule has 7 heteroatoms. The molecule has 144 valence electrons. The maximum Gasteiger partial charge on any atom is 0.231 e. The fraction of sp³-hybridized carbons (Fsp3) is 0.450. The quantitative estimate of drug-likeness (QED) is 0.611. The average Bonchev–Trinajstić information content (AvgIpc) is 3.18. The van der Waals surface area contributed by atoms with Crippen LogP contribution in [-0.4, -0.2) is 33.8 Å². The van der Waals surface area contributed by atoms with Crippen molar-refractivity contribution in [3.8, 4) is 5.75 Å². The standard InChI is InChI=1S/C20H26N4O2S/c1-6-26-16-8-7-9-17-18(16)21-20(27-17)23(19(25)13(2)3)10-11-24-15(5)12-14(4)22-24/h7-9,12-13H,6,10-11H2,1-5H3. The number of aryl methyl sites for hydroxylation is 2. The summed E-state index contributed by atoms with van der Waals surface area (Å²) in [7, 11) is 0. The van der Waals surface area contributed by atoms with E-state index in [0.717, 1.165) is 27.4 Å². The van der Waals surface area contributed by atoms with Crippen LogP contribution >= 0.6 is 11.3 Å². The number of anilines is 1. The zero-order chi connectivity index (χ0) is 19.6. The predicted molar refractivity (Wildman–Crippen MR) is 110 cm³/mol. The summed E-state index contributed by atoms with van der Waals surface area (Å²) in [5.74, 6) is 0.713. The van der Waals surface area contributed by atoms with Gasteiger partial charge < -0.3 is 4.74 Å². The van der Waals surface area contributed by atoms with Gasteiger partial charge in [0.25, 0.3) is 0 Å². The van der Waals surface area contributed by atoms with Gasteiger partial charge in [0.15, 0.2) is 5.13 Å². The lowest BCUT2D eigenvalue weighted by molar-refractivity contribution is -0.121. The molecule has 6 nitrogen and oxygen atoms in total. The number of carbonyl (C=O) groups is 1. The van der Waals surface area contributed by atoms with E-state index in [1.807, 2.05) is 63.6 Å². The molecule has 0 N–H and O–H groups in total. The molecule has 3 rings (SSSR count). The number of hydrogen-bond acceptors (Lipinski definition) is 5. The Bertz CT molecular complexity index is 945. The molecule has 0 unspecified atom stereocenters. The molecule has 0 saturated heterocycles. The van der Waals surface area contributed by atoms with Crippen molar-refractivity contribution in [2.45, 2.75) is 41.2 Å². The average molecular weight is 387 g/mol. The highest BCUT2D eigenvalue weighted by atomic mass is 32.1. The second kappa shape index (κ2) is 8.08. The van der Waals surface area contributed by atoms with Gasteiger partial charge in [-0.15, -0.1) is 0 Å². The van der Waals surface area contributed by atoms with E-state index in [4.69, 9.17) is 9.72 Å². The highest BCUT2D eigenvalue weighted by Gasteiger charge is 2.23. The Balaban J connectivity index is 1.93. The van der Waals surface area contributed by atoms with Gasteiger partial charge in [-0.1, -0.05) is 31.3 Å². The molecular weight excluding hydrogens is 360 g/mol. The highest BCUT2D eigenvalue weighted by molar-refractivity contribution is 7.22. The van der Waals surface area contributed by atoms with Crippen LogP contribution < -0.4 is 9.64 Å². The molecule has 1 aromatic carbocycles. The van der Waals surface area contributed by atoms with E-state index in [2.05, 4.69) is 5.10 Å². The molecule has 0 saturated carbocycles. The Morgan fingerprint density at radius 1 is 1.33 bits per heavy atom. The van der Waals surface area contributed by atoms with Gasteiger partial charge in [-0.2, -0.15) is 5.10 Å². The fourth-order valence-corrected chi connectivity index (χ4v) is 4.02. The van der Waals surface area contributed by atoms with Gasteiger partial charge in [0.1, 0.15) is 11.3 Å². The molecule has 0 aliphatic rings. The first-order valence-corrected chi connectivity index (χ1v) is 10.1. The molecular formula is C20H26N4O2S. The van der Waals surface area contributed by atoms with Gasteiger partial charge in [0.05, 0.1) is 23.5 Å². The van der Waals surface area contributed by atoms with Gasteiger partial charge >= 0.3 is 0 Å². The van der Waals surface area contributed by atoms with Crippen LogP contribution in [0.4, 0.5) is 5.13 Å². The zero-order valence-corrected chi connectivity index (χ0v) is 17.3. The number of ether oxygens (including phenoxy) is 1. The second-order valence-electron chi connectivity index (χ2n) is 6.83. The van der Waals surface area contributed by atoms with Crippen molar-refractivity contribution >= 4 is 32.6 Å². The largest absolute Gasteiger partial charge is 0.492 e. The van der Waals surface area contributed by atoms with Crippen LogP contribution in [0.2, 0.25) is 0 Å². The summed E-state index contributed by atoms with van der Waals surface area (Å²) in [5.41, 5.74) is 2.88. The topological polar surface area (TPSA) is 60.2 Å². The number of benzene rings is 1. The van der Waals surface area contributed by atoms with Gasteiger partial charge in [-0.25, -0.2) is 4.98 Å². The summed E-state index contributed by atoms with van der Waals surface area (Å²) >= 11 is 1.52. The van der Waals surface area contributed by atoms with Crippen LogP contribution in [0.25, 0.3) is 10.2 Å². The number of carbonyl (C=O) groups excluding carboxylic acids is 1. The maximum absolute atomic E-state index is 12.9. The number of rotatable bonds is 7. The van der Waals surface area contributed by atoms with E-state index < -0.39 is 0 Å². The molecule has 1 amide bonds. The Hall–Kier alpha value is -2.41. The second-order valence-corrected chi connectivity index (χ2v) is 7.84. The zero-order valence-electron chi connectivity index (χ0n) is 16.5. The summed E-state index contributed by atoms with van der Waals surface area (Å²) in [4.78, 5) is 19.4. The molecule has 0 spiro atoms. The number of hydrogen-bond donors (Lipinski definition) is 0. The summed E-state index contributed by atoms with van der Waals surface area (Å²) in [6.45, 7) is 11.5. The van der Waals surface area contributed by atoms with Crippen LogP contribution in [0.15, 0.2) is 24.3 Å². The highest BCUT2D eigenvalue weighted by Crippen LogP contribution is 2.34. The maximum atomic E-state index is 12.9. The van der Waals surface area contributed by atoms with Crippen molar-refractivity contribution in [3.63, 3.8) is 0 Å². The fourth-order valence-electron chi connectivity index (χ4n) is 3.01. The molecule has 2 heterocycles. The van der Waals surface area contributed by atoms with Crippen molar-refractivity contribution in [2.75, 3.05) is 18.1 Å². The van der Waals surface area contributed by atoms with Crippen LogP contribution in [0.3, 0.4) is 0 Å². The molecule has 0 atom stereocenters. The summed E-state index contributed by atoms with van der Waals surface area (Å²) in [6, 6.07) is 7.93. The molecule has 0 bridgehead atoms. The molecule has 0 radical (unpaired) electrons. The van der Waals surface area contributed by atoms with E-state index in [-0.39, 0.29) is 11.8 Å². The minimum atomic E-state index is -0.108. The van der Waals surface area contributed by atoms with E-state index >= 15 is 0 Å². The Kier molecular flexibility index (Phi) is 5.79. The van der Waals surface area contributed by atoms with Gasteiger partial charge in [-0.3, -0.25) is 14.4 Å². The van der Waals surface area contributed by atoms with E-state index in [1.54, 1.807) is 4.90 Å². The van der Waals surface area contributed by atoms with Crippen molar-refractivity contribution < 1.29 is 9.53 Å². The Labute approximate surface area is 163 Å². The molecule has 0 fully saturated rings. The lowest BCUT2D eigenvalue weighted by Gasteiger charge is -2.22. The third-order valence-corrected chi connectivity index (χ3v) is 5.34. The van der Waals surface area contributed by atoms with Crippen molar-refractivity contribution in [1.82, 2.24) is 14.8 Å². The van der Waals surface area contributed by atoms with Crippen LogP contribution in [-0.2, 0) is 11.3 Å². The normalized spacial score (nSPS) is 11.3. The number of thiazole rings is 1. The summed E-state index contributed by atoms with van der Waals surface area (Å²) in [6.07, 6.45) is 0. The molecule has 27 heavy (non-hydrogen) atoms.